The lowest BCUT2D eigenvalue weighted by Gasteiger charge is -2.36. The first kappa shape index (κ1) is 15.0. The third-order valence-corrected chi connectivity index (χ3v) is 3.86. The molecule has 0 saturated carbocycles. The van der Waals surface area contributed by atoms with Gasteiger partial charge in [0, 0.05) is 30.9 Å². The summed E-state index contributed by atoms with van der Waals surface area (Å²) >= 11 is 0. The van der Waals surface area contributed by atoms with Gasteiger partial charge in [0.25, 0.3) is 0 Å². The Kier molecular flexibility index (Phi) is 5.12. The average molecular weight is 278 g/mol. The third-order valence-electron chi connectivity index (χ3n) is 3.86. The van der Waals surface area contributed by atoms with E-state index in [0.29, 0.717) is 25.2 Å². The third kappa shape index (κ3) is 3.37. The molecule has 0 bridgehead atoms. The summed E-state index contributed by atoms with van der Waals surface area (Å²) in [4.78, 5) is 2.38. The van der Waals surface area contributed by atoms with Crippen molar-refractivity contribution in [2.24, 2.45) is 11.7 Å². The van der Waals surface area contributed by atoms with Crippen LogP contribution in [0.25, 0.3) is 0 Å². The van der Waals surface area contributed by atoms with Crippen molar-refractivity contribution in [3.05, 3.63) is 18.2 Å². The summed E-state index contributed by atoms with van der Waals surface area (Å²) in [6.07, 6.45) is 1.04. The first-order chi connectivity index (χ1) is 9.65. The molecule has 4 heteroatoms. The van der Waals surface area contributed by atoms with E-state index in [1.165, 1.54) is 5.69 Å². The molecule has 2 N–H and O–H groups in total. The van der Waals surface area contributed by atoms with Gasteiger partial charge in [0.2, 0.25) is 0 Å². The van der Waals surface area contributed by atoms with Crippen LogP contribution in [0.2, 0.25) is 0 Å². The molecular weight excluding hydrogens is 252 g/mol. The van der Waals surface area contributed by atoms with E-state index in [2.05, 4.69) is 24.0 Å². The topological polar surface area (TPSA) is 47.7 Å². The highest BCUT2D eigenvalue weighted by molar-refractivity contribution is 5.56. The molecule has 0 spiro atoms. The van der Waals surface area contributed by atoms with E-state index in [0.717, 1.165) is 31.0 Å². The molecule has 1 aromatic carbocycles. The van der Waals surface area contributed by atoms with Crippen LogP contribution in [0.5, 0.6) is 11.5 Å². The molecule has 1 aromatic rings. The van der Waals surface area contributed by atoms with Gasteiger partial charge in [-0.2, -0.15) is 0 Å². The predicted molar refractivity (Wildman–Crippen MR) is 82.7 cm³/mol. The molecule has 1 aliphatic heterocycles. The standard InChI is InChI=1S/C16H26N2O2/c1-4-19-15-7-6-13(10-16(15)20-5-2)18-9-8-14(17)12(3)11-18/h6-7,10,12,14H,4-5,8-9,11,17H2,1-3H3. The highest BCUT2D eigenvalue weighted by Crippen LogP contribution is 2.33. The molecule has 1 fully saturated rings. The van der Waals surface area contributed by atoms with Gasteiger partial charge in [0.15, 0.2) is 11.5 Å². The van der Waals surface area contributed by atoms with Gasteiger partial charge in [-0.3, -0.25) is 0 Å². The fourth-order valence-corrected chi connectivity index (χ4v) is 2.63. The molecule has 112 valence electrons. The van der Waals surface area contributed by atoms with Crippen LogP contribution in [0, 0.1) is 5.92 Å². The lowest BCUT2D eigenvalue weighted by Crippen LogP contribution is -2.45. The van der Waals surface area contributed by atoms with Crippen molar-refractivity contribution in [3.63, 3.8) is 0 Å². The van der Waals surface area contributed by atoms with E-state index >= 15 is 0 Å². The van der Waals surface area contributed by atoms with Crippen molar-refractivity contribution < 1.29 is 9.47 Å². The van der Waals surface area contributed by atoms with Crippen LogP contribution in [-0.2, 0) is 0 Å². The van der Waals surface area contributed by atoms with Crippen molar-refractivity contribution in [2.75, 3.05) is 31.2 Å². The number of nitrogens with two attached hydrogens (primary N) is 1. The zero-order valence-corrected chi connectivity index (χ0v) is 12.8. The second-order valence-corrected chi connectivity index (χ2v) is 5.37. The number of anilines is 1. The minimum atomic E-state index is 0.320. The summed E-state index contributed by atoms with van der Waals surface area (Å²) in [5.41, 5.74) is 7.28. The van der Waals surface area contributed by atoms with Gasteiger partial charge in [0.1, 0.15) is 0 Å². The molecule has 4 nitrogen and oxygen atoms in total. The maximum absolute atomic E-state index is 6.09. The summed E-state index contributed by atoms with van der Waals surface area (Å²) in [5, 5.41) is 0. The van der Waals surface area contributed by atoms with Crippen molar-refractivity contribution in [1.29, 1.82) is 0 Å². The Balaban J connectivity index is 2.17. The predicted octanol–water partition coefficient (Wildman–Crippen LogP) is 2.66. The van der Waals surface area contributed by atoms with Crippen LogP contribution < -0.4 is 20.1 Å². The quantitative estimate of drug-likeness (QED) is 0.899. The van der Waals surface area contributed by atoms with Crippen LogP contribution in [0.1, 0.15) is 27.2 Å². The van der Waals surface area contributed by atoms with Gasteiger partial charge >= 0.3 is 0 Å². The van der Waals surface area contributed by atoms with E-state index < -0.39 is 0 Å². The Hall–Kier alpha value is -1.42. The molecule has 0 aliphatic carbocycles. The molecule has 1 saturated heterocycles. The van der Waals surface area contributed by atoms with Crippen molar-refractivity contribution in [2.45, 2.75) is 33.2 Å². The number of benzene rings is 1. The van der Waals surface area contributed by atoms with E-state index in [4.69, 9.17) is 15.2 Å². The van der Waals surface area contributed by atoms with Gasteiger partial charge in [-0.15, -0.1) is 0 Å². The monoisotopic (exact) mass is 278 g/mol. The maximum atomic E-state index is 6.09. The molecule has 0 amide bonds. The Labute approximate surface area is 121 Å². The van der Waals surface area contributed by atoms with E-state index in [1.807, 2.05) is 19.9 Å². The van der Waals surface area contributed by atoms with Crippen LogP contribution in [0.15, 0.2) is 18.2 Å². The molecule has 1 aliphatic rings. The zero-order valence-electron chi connectivity index (χ0n) is 12.8. The first-order valence-corrected chi connectivity index (χ1v) is 7.55. The summed E-state index contributed by atoms with van der Waals surface area (Å²) in [6, 6.07) is 6.51. The normalized spacial score (nSPS) is 22.7. The molecule has 0 aromatic heterocycles. The van der Waals surface area contributed by atoms with Gasteiger partial charge in [-0.25, -0.2) is 0 Å². The van der Waals surface area contributed by atoms with Gasteiger partial charge < -0.3 is 20.1 Å². The van der Waals surface area contributed by atoms with E-state index in [9.17, 15) is 0 Å². The summed E-state index contributed by atoms with van der Waals surface area (Å²) in [6.45, 7) is 9.49. The first-order valence-electron chi connectivity index (χ1n) is 7.55. The fraction of sp³-hybridized carbons (Fsp3) is 0.625. The van der Waals surface area contributed by atoms with Crippen LogP contribution in [0.3, 0.4) is 0 Å². The second-order valence-electron chi connectivity index (χ2n) is 5.37. The number of ether oxygens (including phenoxy) is 2. The maximum Gasteiger partial charge on any atom is 0.163 e. The Morgan fingerprint density at radius 1 is 1.20 bits per heavy atom. The molecular formula is C16H26N2O2. The molecule has 2 unspecified atom stereocenters. The SMILES string of the molecule is CCOc1ccc(N2CCC(N)C(C)C2)cc1OCC. The minimum absolute atomic E-state index is 0.320. The van der Waals surface area contributed by atoms with Crippen LogP contribution >= 0.6 is 0 Å². The highest BCUT2D eigenvalue weighted by atomic mass is 16.5. The fourth-order valence-electron chi connectivity index (χ4n) is 2.63. The van der Waals surface area contributed by atoms with Gasteiger partial charge in [-0.1, -0.05) is 6.92 Å². The van der Waals surface area contributed by atoms with Gasteiger partial charge in [-0.05, 0) is 38.3 Å². The summed E-state index contributed by atoms with van der Waals surface area (Å²) in [5.74, 6) is 2.17. The Morgan fingerprint density at radius 3 is 2.55 bits per heavy atom. The zero-order chi connectivity index (χ0) is 14.5. The molecule has 1 heterocycles. The number of piperidine rings is 1. The Bertz CT molecular complexity index is 436. The molecule has 20 heavy (non-hydrogen) atoms. The number of rotatable bonds is 5. The van der Waals surface area contributed by atoms with E-state index in [1.54, 1.807) is 0 Å². The van der Waals surface area contributed by atoms with E-state index in [-0.39, 0.29) is 0 Å². The number of hydrogen-bond donors (Lipinski definition) is 1. The average Bonchev–Trinajstić information content (AvgIpc) is 2.44. The number of hydrogen-bond acceptors (Lipinski definition) is 4. The van der Waals surface area contributed by atoms with Crippen molar-refractivity contribution in [1.82, 2.24) is 0 Å². The van der Waals surface area contributed by atoms with Crippen molar-refractivity contribution in [3.8, 4) is 11.5 Å². The summed E-state index contributed by atoms with van der Waals surface area (Å²) in [7, 11) is 0. The molecule has 2 atom stereocenters. The van der Waals surface area contributed by atoms with Gasteiger partial charge in [0.05, 0.1) is 13.2 Å². The highest BCUT2D eigenvalue weighted by Gasteiger charge is 2.23. The van der Waals surface area contributed by atoms with Crippen LogP contribution in [-0.4, -0.2) is 32.3 Å². The number of nitrogens with zero attached hydrogens (tertiary/aromatic N) is 1. The lowest BCUT2D eigenvalue weighted by atomic mass is 9.94. The molecule has 0 radical (unpaired) electrons. The smallest absolute Gasteiger partial charge is 0.163 e. The minimum Gasteiger partial charge on any atom is -0.490 e. The van der Waals surface area contributed by atoms with Crippen molar-refractivity contribution >= 4 is 5.69 Å². The second kappa shape index (κ2) is 6.84. The molecule has 2 rings (SSSR count). The summed E-state index contributed by atoms with van der Waals surface area (Å²) < 4.78 is 11.3. The Morgan fingerprint density at radius 2 is 1.90 bits per heavy atom. The van der Waals surface area contributed by atoms with Crippen LogP contribution in [0.4, 0.5) is 5.69 Å². The lowest BCUT2D eigenvalue weighted by molar-refractivity contribution is 0.287. The largest absolute Gasteiger partial charge is 0.490 e.